The monoisotopic (exact) mass is 236 g/mol. The summed E-state index contributed by atoms with van der Waals surface area (Å²) in [5, 5.41) is 0. The van der Waals surface area contributed by atoms with E-state index in [9.17, 15) is 4.79 Å². The Bertz CT molecular complexity index is 538. The van der Waals surface area contributed by atoms with Crippen LogP contribution in [-0.4, -0.2) is 6.29 Å². The van der Waals surface area contributed by atoms with Crippen molar-refractivity contribution >= 4 is 11.9 Å². The van der Waals surface area contributed by atoms with E-state index in [0.717, 1.165) is 28.5 Å². The van der Waals surface area contributed by atoms with Gasteiger partial charge in [-0.3, -0.25) is 0 Å². The predicted molar refractivity (Wildman–Crippen MR) is 75.5 cm³/mol. The smallest absolute Gasteiger partial charge is 0.127 e. The van der Waals surface area contributed by atoms with E-state index in [2.05, 4.69) is 6.58 Å². The van der Waals surface area contributed by atoms with Gasteiger partial charge in [0.25, 0.3) is 0 Å². The van der Waals surface area contributed by atoms with Crippen molar-refractivity contribution in [3.05, 3.63) is 77.9 Å². The van der Waals surface area contributed by atoms with E-state index in [1.54, 1.807) is 0 Å². The number of hydrogen-bond acceptors (Lipinski definition) is 1. The minimum absolute atomic E-state index is 0.0518. The molecule has 1 unspecified atom stereocenters. The third-order valence-corrected chi connectivity index (χ3v) is 3.11. The molecule has 0 saturated heterocycles. The number of carbonyl (C=O) groups excluding carboxylic acids is 1. The maximum absolute atomic E-state index is 10.7. The zero-order valence-electron chi connectivity index (χ0n) is 10.5. The number of hydrogen-bond donors (Lipinski definition) is 0. The van der Waals surface area contributed by atoms with E-state index in [1.807, 2.05) is 61.5 Å². The summed E-state index contributed by atoms with van der Waals surface area (Å²) >= 11 is 0. The lowest BCUT2D eigenvalue weighted by atomic mass is 9.96. The second-order valence-electron chi connectivity index (χ2n) is 4.39. The molecule has 18 heavy (non-hydrogen) atoms. The summed E-state index contributed by atoms with van der Waals surface area (Å²) in [6, 6.07) is 18.1. The highest BCUT2D eigenvalue weighted by Crippen LogP contribution is 2.23. The van der Waals surface area contributed by atoms with Gasteiger partial charge >= 0.3 is 0 Å². The van der Waals surface area contributed by atoms with Crippen LogP contribution in [0.3, 0.4) is 0 Å². The first-order valence-electron chi connectivity index (χ1n) is 6.02. The van der Waals surface area contributed by atoms with Crippen LogP contribution in [0.2, 0.25) is 0 Å². The molecule has 1 atom stereocenters. The van der Waals surface area contributed by atoms with Crippen molar-refractivity contribution in [2.24, 2.45) is 0 Å². The molecule has 0 aromatic heterocycles. The zero-order chi connectivity index (χ0) is 13.0. The summed E-state index contributed by atoms with van der Waals surface area (Å²) in [7, 11) is 0. The van der Waals surface area contributed by atoms with Crippen LogP contribution in [0.15, 0.2) is 61.2 Å². The molecule has 90 valence electrons. The minimum Gasteiger partial charge on any atom is -0.303 e. The van der Waals surface area contributed by atoms with Gasteiger partial charge in [0.15, 0.2) is 0 Å². The van der Waals surface area contributed by atoms with E-state index in [0.29, 0.717) is 0 Å². The van der Waals surface area contributed by atoms with Crippen LogP contribution in [0, 0.1) is 0 Å². The van der Waals surface area contributed by atoms with E-state index in [-0.39, 0.29) is 5.92 Å². The Kier molecular flexibility index (Phi) is 3.73. The molecule has 0 radical (unpaired) electrons. The quantitative estimate of drug-likeness (QED) is 0.732. The van der Waals surface area contributed by atoms with Crippen LogP contribution in [0.5, 0.6) is 0 Å². The van der Waals surface area contributed by atoms with Gasteiger partial charge in [-0.15, -0.1) is 0 Å². The lowest BCUT2D eigenvalue weighted by molar-refractivity contribution is -0.108. The van der Waals surface area contributed by atoms with E-state index in [4.69, 9.17) is 0 Å². The minimum atomic E-state index is -0.0518. The lowest BCUT2D eigenvalue weighted by Gasteiger charge is -2.08. The summed E-state index contributed by atoms with van der Waals surface area (Å²) in [4.78, 5) is 10.7. The summed E-state index contributed by atoms with van der Waals surface area (Å²) in [5.41, 5.74) is 4.24. The van der Waals surface area contributed by atoms with E-state index >= 15 is 0 Å². The Hall–Kier alpha value is -2.15. The molecule has 0 bridgehead atoms. The molecule has 0 aliphatic carbocycles. The topological polar surface area (TPSA) is 17.1 Å². The van der Waals surface area contributed by atoms with Crippen molar-refractivity contribution < 1.29 is 4.79 Å². The first-order valence-corrected chi connectivity index (χ1v) is 6.02. The van der Waals surface area contributed by atoms with Crippen LogP contribution < -0.4 is 0 Å². The molecule has 0 spiro atoms. The van der Waals surface area contributed by atoms with Gasteiger partial charge < -0.3 is 4.79 Å². The average molecular weight is 236 g/mol. The molecule has 1 nitrogen and oxygen atoms in total. The second-order valence-corrected chi connectivity index (χ2v) is 4.39. The third kappa shape index (κ3) is 2.57. The first kappa shape index (κ1) is 12.3. The fourth-order valence-electron chi connectivity index (χ4n) is 1.87. The normalized spacial score (nSPS) is 11.8. The molecule has 2 aromatic carbocycles. The average Bonchev–Trinajstić information content (AvgIpc) is 2.47. The summed E-state index contributed by atoms with van der Waals surface area (Å²) in [5.74, 6) is -0.0518. The second kappa shape index (κ2) is 5.46. The molecule has 2 rings (SSSR count). The maximum Gasteiger partial charge on any atom is 0.127 e. The molecule has 0 saturated carbocycles. The van der Waals surface area contributed by atoms with Crippen molar-refractivity contribution in [1.82, 2.24) is 0 Å². The molecule has 0 fully saturated rings. The fraction of sp³-hybridized carbons (Fsp3) is 0.118. The standard InChI is InChI=1S/C17H16O/c1-13(12-18)15-8-10-17(11-9-15)14(2)16-6-4-3-5-7-16/h3-13H,2H2,1H3. The number of aldehydes is 1. The Morgan fingerprint density at radius 3 is 2.11 bits per heavy atom. The largest absolute Gasteiger partial charge is 0.303 e. The van der Waals surface area contributed by atoms with Gasteiger partial charge in [-0.2, -0.15) is 0 Å². The highest BCUT2D eigenvalue weighted by molar-refractivity contribution is 5.78. The Labute approximate surface area is 108 Å². The van der Waals surface area contributed by atoms with Crippen molar-refractivity contribution in [3.8, 4) is 0 Å². The Morgan fingerprint density at radius 1 is 1.00 bits per heavy atom. The van der Waals surface area contributed by atoms with Crippen LogP contribution in [0.4, 0.5) is 0 Å². The molecule has 0 aliphatic rings. The van der Waals surface area contributed by atoms with Gasteiger partial charge in [-0.1, -0.05) is 68.1 Å². The van der Waals surface area contributed by atoms with Gasteiger partial charge in [0, 0.05) is 5.92 Å². The molecule has 2 aromatic rings. The molecule has 0 amide bonds. The molecule has 0 heterocycles. The molecular weight excluding hydrogens is 220 g/mol. The summed E-state index contributed by atoms with van der Waals surface area (Å²) < 4.78 is 0. The first-order chi connectivity index (χ1) is 8.72. The molecule has 1 heteroatoms. The summed E-state index contributed by atoms with van der Waals surface area (Å²) in [6.45, 7) is 6.02. The van der Waals surface area contributed by atoms with Crippen LogP contribution in [0.1, 0.15) is 29.5 Å². The number of benzene rings is 2. The van der Waals surface area contributed by atoms with Gasteiger partial charge in [-0.05, 0) is 22.3 Å². The van der Waals surface area contributed by atoms with Gasteiger partial charge in [0.05, 0.1) is 0 Å². The maximum atomic E-state index is 10.7. The zero-order valence-corrected chi connectivity index (χ0v) is 10.5. The van der Waals surface area contributed by atoms with Crippen molar-refractivity contribution in [2.75, 3.05) is 0 Å². The van der Waals surface area contributed by atoms with Crippen molar-refractivity contribution in [2.45, 2.75) is 12.8 Å². The van der Waals surface area contributed by atoms with Gasteiger partial charge in [-0.25, -0.2) is 0 Å². The fourth-order valence-corrected chi connectivity index (χ4v) is 1.87. The lowest BCUT2D eigenvalue weighted by Crippen LogP contribution is -1.94. The predicted octanol–water partition coefficient (Wildman–Crippen LogP) is 4.05. The van der Waals surface area contributed by atoms with Gasteiger partial charge in [0.1, 0.15) is 6.29 Å². The highest BCUT2D eigenvalue weighted by atomic mass is 16.1. The van der Waals surface area contributed by atoms with Gasteiger partial charge in [0.2, 0.25) is 0 Å². The highest BCUT2D eigenvalue weighted by Gasteiger charge is 2.05. The number of carbonyl (C=O) groups is 1. The third-order valence-electron chi connectivity index (χ3n) is 3.11. The Morgan fingerprint density at radius 2 is 1.56 bits per heavy atom. The number of rotatable bonds is 4. The van der Waals surface area contributed by atoms with Crippen molar-refractivity contribution in [1.29, 1.82) is 0 Å². The van der Waals surface area contributed by atoms with Crippen LogP contribution >= 0.6 is 0 Å². The van der Waals surface area contributed by atoms with Crippen molar-refractivity contribution in [3.63, 3.8) is 0 Å². The molecular formula is C17H16O. The van der Waals surface area contributed by atoms with E-state index in [1.165, 1.54) is 0 Å². The Balaban J connectivity index is 2.25. The molecule has 0 N–H and O–H groups in total. The SMILES string of the molecule is C=C(c1ccccc1)c1ccc(C(C)C=O)cc1. The van der Waals surface area contributed by atoms with Crippen LogP contribution in [0.25, 0.3) is 5.57 Å². The van der Waals surface area contributed by atoms with Crippen LogP contribution in [-0.2, 0) is 4.79 Å². The van der Waals surface area contributed by atoms with E-state index < -0.39 is 0 Å². The molecule has 0 aliphatic heterocycles. The summed E-state index contributed by atoms with van der Waals surface area (Å²) in [6.07, 6.45) is 0.959.